The molecular weight excluding hydrogens is 236 g/mol. The van der Waals surface area contributed by atoms with Crippen molar-refractivity contribution in [1.82, 2.24) is 4.90 Å². The van der Waals surface area contributed by atoms with E-state index in [4.69, 9.17) is 10.5 Å². The summed E-state index contributed by atoms with van der Waals surface area (Å²) in [6, 6.07) is 8.69. The fourth-order valence-electron chi connectivity index (χ4n) is 3.79. The van der Waals surface area contributed by atoms with Crippen molar-refractivity contribution in [2.75, 3.05) is 18.8 Å². The van der Waals surface area contributed by atoms with Gasteiger partial charge in [-0.05, 0) is 61.8 Å². The van der Waals surface area contributed by atoms with Gasteiger partial charge in [-0.25, -0.2) is 0 Å². The summed E-state index contributed by atoms with van der Waals surface area (Å²) in [6.45, 7) is 2.43. The lowest BCUT2D eigenvalue weighted by molar-refractivity contribution is 0.0433. The molecular formula is C16H22N2O. The standard InChI is InChI=1S/C16H22N2O/c17-12-1-3-13(4-2-12)19-14-5-7-18(8-6-14)16-10-11-9-15(11)16/h1-4,11,14-16H,5-10,17H2. The van der Waals surface area contributed by atoms with Crippen LogP contribution in [0.1, 0.15) is 25.7 Å². The van der Waals surface area contributed by atoms with E-state index in [9.17, 15) is 0 Å². The number of nitrogens with two attached hydrogens (primary N) is 1. The van der Waals surface area contributed by atoms with Crippen molar-refractivity contribution in [1.29, 1.82) is 0 Å². The number of piperidine rings is 1. The molecule has 1 heterocycles. The van der Waals surface area contributed by atoms with Gasteiger partial charge in [0.1, 0.15) is 11.9 Å². The molecule has 2 N–H and O–H groups in total. The van der Waals surface area contributed by atoms with Crippen LogP contribution in [0.2, 0.25) is 0 Å². The molecule has 1 aliphatic heterocycles. The number of nitrogens with zero attached hydrogens (tertiary/aromatic N) is 1. The molecule has 0 spiro atoms. The first kappa shape index (κ1) is 11.6. The Balaban J connectivity index is 1.29. The molecule has 2 saturated carbocycles. The van der Waals surface area contributed by atoms with Gasteiger partial charge >= 0.3 is 0 Å². The van der Waals surface area contributed by atoms with E-state index in [-0.39, 0.29) is 0 Å². The van der Waals surface area contributed by atoms with Crippen LogP contribution in [0, 0.1) is 11.8 Å². The van der Waals surface area contributed by atoms with Crippen molar-refractivity contribution in [2.24, 2.45) is 11.8 Å². The number of rotatable bonds is 3. The van der Waals surface area contributed by atoms with Gasteiger partial charge in [0.2, 0.25) is 0 Å². The molecule has 2 aliphatic carbocycles. The van der Waals surface area contributed by atoms with Crippen LogP contribution in [0.5, 0.6) is 5.75 Å². The first-order valence-corrected chi connectivity index (χ1v) is 7.56. The van der Waals surface area contributed by atoms with Crippen LogP contribution in [0.15, 0.2) is 24.3 Å². The van der Waals surface area contributed by atoms with Crippen LogP contribution < -0.4 is 10.5 Å². The van der Waals surface area contributed by atoms with Crippen molar-refractivity contribution < 1.29 is 4.74 Å². The average molecular weight is 258 g/mol. The first-order chi connectivity index (χ1) is 9.29. The van der Waals surface area contributed by atoms with Crippen molar-refractivity contribution in [3.63, 3.8) is 0 Å². The number of anilines is 1. The first-order valence-electron chi connectivity index (χ1n) is 7.56. The lowest BCUT2D eigenvalue weighted by Crippen LogP contribution is -2.48. The Hall–Kier alpha value is -1.22. The zero-order chi connectivity index (χ0) is 12.8. The predicted octanol–water partition coefficient (Wildman–Crippen LogP) is 2.52. The molecule has 19 heavy (non-hydrogen) atoms. The van der Waals surface area contributed by atoms with E-state index < -0.39 is 0 Å². The largest absolute Gasteiger partial charge is 0.490 e. The molecule has 1 aromatic carbocycles. The minimum Gasteiger partial charge on any atom is -0.490 e. The van der Waals surface area contributed by atoms with E-state index in [0.717, 1.165) is 42.2 Å². The number of hydrogen-bond donors (Lipinski definition) is 1. The molecule has 1 aromatic rings. The average Bonchev–Trinajstić information content (AvgIpc) is 3.05. The third kappa shape index (κ3) is 2.20. The predicted molar refractivity (Wildman–Crippen MR) is 76.1 cm³/mol. The van der Waals surface area contributed by atoms with Gasteiger partial charge in [0.15, 0.2) is 0 Å². The van der Waals surface area contributed by atoms with E-state index in [1.54, 1.807) is 0 Å². The van der Waals surface area contributed by atoms with Gasteiger partial charge in [-0.3, -0.25) is 4.90 Å². The summed E-state index contributed by atoms with van der Waals surface area (Å²) in [4.78, 5) is 2.71. The van der Waals surface area contributed by atoms with Gasteiger partial charge in [0, 0.05) is 24.8 Å². The molecule has 3 fully saturated rings. The van der Waals surface area contributed by atoms with Gasteiger partial charge in [0.05, 0.1) is 0 Å². The highest BCUT2D eigenvalue weighted by atomic mass is 16.5. The summed E-state index contributed by atoms with van der Waals surface area (Å²) in [7, 11) is 0. The minimum atomic E-state index is 0.384. The van der Waals surface area contributed by atoms with Crippen LogP contribution in [-0.4, -0.2) is 30.1 Å². The van der Waals surface area contributed by atoms with Crippen molar-refractivity contribution >= 4 is 5.69 Å². The smallest absolute Gasteiger partial charge is 0.119 e. The maximum absolute atomic E-state index is 6.05. The van der Waals surface area contributed by atoms with Gasteiger partial charge < -0.3 is 10.5 Å². The third-order valence-electron chi connectivity index (χ3n) is 5.14. The quantitative estimate of drug-likeness (QED) is 0.847. The molecule has 3 aliphatic rings. The van der Waals surface area contributed by atoms with Gasteiger partial charge in [-0.15, -0.1) is 0 Å². The summed E-state index contributed by atoms with van der Waals surface area (Å²) in [5.41, 5.74) is 6.49. The van der Waals surface area contributed by atoms with E-state index in [2.05, 4.69) is 4.90 Å². The Morgan fingerprint density at radius 2 is 1.79 bits per heavy atom. The summed E-state index contributed by atoms with van der Waals surface area (Å²) in [5, 5.41) is 0. The summed E-state index contributed by atoms with van der Waals surface area (Å²) in [6.07, 6.45) is 5.69. The van der Waals surface area contributed by atoms with Crippen molar-refractivity contribution in [2.45, 2.75) is 37.8 Å². The second-order valence-electron chi connectivity index (χ2n) is 6.38. The number of hydrogen-bond acceptors (Lipinski definition) is 3. The SMILES string of the molecule is Nc1ccc(OC2CCN(C3CC4CC43)CC2)cc1. The lowest BCUT2D eigenvalue weighted by Gasteiger charge is -2.41. The fraction of sp³-hybridized carbons (Fsp3) is 0.625. The van der Waals surface area contributed by atoms with Crippen LogP contribution in [0.3, 0.4) is 0 Å². The third-order valence-corrected chi connectivity index (χ3v) is 5.14. The Kier molecular flexibility index (Phi) is 2.69. The van der Waals surface area contributed by atoms with E-state index >= 15 is 0 Å². The normalized spacial score (nSPS) is 34.4. The summed E-state index contributed by atoms with van der Waals surface area (Å²) >= 11 is 0. The molecule has 0 amide bonds. The molecule has 3 atom stereocenters. The van der Waals surface area contributed by atoms with Crippen LogP contribution in [0.25, 0.3) is 0 Å². The highest BCUT2D eigenvalue weighted by molar-refractivity contribution is 5.41. The Bertz CT molecular complexity index is 450. The maximum atomic E-state index is 6.05. The van der Waals surface area contributed by atoms with E-state index in [1.165, 1.54) is 25.9 Å². The molecule has 3 heteroatoms. The van der Waals surface area contributed by atoms with Crippen LogP contribution >= 0.6 is 0 Å². The van der Waals surface area contributed by atoms with Gasteiger partial charge in [0.25, 0.3) is 0 Å². The van der Waals surface area contributed by atoms with Crippen molar-refractivity contribution in [3.8, 4) is 5.75 Å². The molecule has 1 saturated heterocycles. The Labute approximate surface area is 114 Å². The minimum absolute atomic E-state index is 0.384. The van der Waals surface area contributed by atoms with Crippen molar-refractivity contribution in [3.05, 3.63) is 24.3 Å². The summed E-state index contributed by atoms with van der Waals surface area (Å²) < 4.78 is 6.05. The number of ether oxygens (including phenoxy) is 1. The lowest BCUT2D eigenvalue weighted by atomic mass is 9.89. The molecule has 4 rings (SSSR count). The molecule has 102 valence electrons. The topological polar surface area (TPSA) is 38.5 Å². The fourth-order valence-corrected chi connectivity index (χ4v) is 3.79. The van der Waals surface area contributed by atoms with Crippen LogP contribution in [0.4, 0.5) is 5.69 Å². The molecule has 0 radical (unpaired) electrons. The monoisotopic (exact) mass is 258 g/mol. The van der Waals surface area contributed by atoms with Gasteiger partial charge in [-0.2, -0.15) is 0 Å². The zero-order valence-corrected chi connectivity index (χ0v) is 11.3. The Morgan fingerprint density at radius 3 is 2.37 bits per heavy atom. The molecule has 0 aromatic heterocycles. The van der Waals surface area contributed by atoms with E-state index in [1.807, 2.05) is 24.3 Å². The number of benzene rings is 1. The summed E-state index contributed by atoms with van der Waals surface area (Å²) in [5.74, 6) is 3.13. The molecule has 3 unspecified atom stereocenters. The zero-order valence-electron chi connectivity index (χ0n) is 11.3. The van der Waals surface area contributed by atoms with Gasteiger partial charge in [-0.1, -0.05) is 0 Å². The molecule has 3 nitrogen and oxygen atoms in total. The number of fused-ring (bicyclic) bond motifs is 1. The second-order valence-corrected chi connectivity index (χ2v) is 6.38. The Morgan fingerprint density at radius 1 is 1.05 bits per heavy atom. The highest BCUT2D eigenvalue weighted by Crippen LogP contribution is 2.57. The number of nitrogen functional groups attached to an aromatic ring is 1. The van der Waals surface area contributed by atoms with E-state index in [0.29, 0.717) is 6.10 Å². The maximum Gasteiger partial charge on any atom is 0.119 e. The van der Waals surface area contributed by atoms with Crippen LogP contribution in [-0.2, 0) is 0 Å². The number of likely N-dealkylation sites (tertiary alicyclic amines) is 1. The molecule has 0 bridgehead atoms. The highest BCUT2D eigenvalue weighted by Gasteiger charge is 2.55. The second kappa shape index (κ2) is 4.41.